The van der Waals surface area contributed by atoms with Crippen LogP contribution in [0.5, 0.6) is 5.75 Å². The average molecular weight is 340 g/mol. The van der Waals surface area contributed by atoms with Gasteiger partial charge < -0.3 is 10.4 Å². The Morgan fingerprint density at radius 3 is 2.29 bits per heavy atom. The van der Waals surface area contributed by atoms with Crippen molar-refractivity contribution in [1.82, 2.24) is 5.32 Å². The first-order valence-electron chi connectivity index (χ1n) is 9.29. The number of aromatic hydroxyl groups is 1. The molecule has 4 fully saturated rings. The first kappa shape index (κ1) is 15.0. The summed E-state index contributed by atoms with van der Waals surface area (Å²) in [6, 6.07) is 8.25. The maximum atomic E-state index is 10.5. The van der Waals surface area contributed by atoms with Gasteiger partial charge in [0.15, 0.2) is 0 Å². The number of phenolic OH excluding ortho intramolecular Hbond substituents is 1. The highest BCUT2D eigenvalue weighted by Crippen LogP contribution is 2.55. The van der Waals surface area contributed by atoms with Crippen molar-refractivity contribution in [1.29, 1.82) is 0 Å². The third-order valence-corrected chi connectivity index (χ3v) is 7.32. The Hall–Kier alpha value is -1.32. The fraction of sp³-hybridized carbons (Fsp3) is 0.524. The van der Waals surface area contributed by atoms with Gasteiger partial charge in [0, 0.05) is 17.6 Å². The highest BCUT2D eigenvalue weighted by Gasteiger charge is 2.50. The van der Waals surface area contributed by atoms with Crippen LogP contribution in [0.4, 0.5) is 0 Å². The Labute approximate surface area is 147 Å². The molecule has 4 saturated carbocycles. The van der Waals surface area contributed by atoms with Gasteiger partial charge in [-0.3, -0.25) is 0 Å². The molecule has 24 heavy (non-hydrogen) atoms. The molecule has 0 radical (unpaired) electrons. The standard InChI is InChI=1S/C21H25NOS/c23-20-8-17(19-3-4-24-13-19)1-2-18(20)12-22-21-9-14-5-15(10-21)7-16(6-14)11-21/h1-4,8,13-16,22-23H,5-7,9-12H2. The van der Waals surface area contributed by atoms with Crippen molar-refractivity contribution in [3.05, 3.63) is 40.6 Å². The molecule has 2 N–H and O–H groups in total. The lowest BCUT2D eigenvalue weighted by Crippen LogP contribution is -2.58. The van der Waals surface area contributed by atoms with E-state index in [4.69, 9.17) is 0 Å². The first-order chi connectivity index (χ1) is 11.7. The van der Waals surface area contributed by atoms with Crippen molar-refractivity contribution >= 4 is 11.3 Å². The van der Waals surface area contributed by atoms with Crippen molar-refractivity contribution in [2.24, 2.45) is 17.8 Å². The van der Waals surface area contributed by atoms with E-state index in [1.54, 1.807) is 11.3 Å². The van der Waals surface area contributed by atoms with Crippen LogP contribution >= 0.6 is 11.3 Å². The number of phenols is 1. The van der Waals surface area contributed by atoms with E-state index in [2.05, 4.69) is 34.3 Å². The first-order valence-corrected chi connectivity index (χ1v) is 10.2. The topological polar surface area (TPSA) is 32.3 Å². The van der Waals surface area contributed by atoms with E-state index in [-0.39, 0.29) is 0 Å². The lowest BCUT2D eigenvalue weighted by atomic mass is 9.53. The molecule has 4 aliphatic carbocycles. The van der Waals surface area contributed by atoms with Crippen LogP contribution < -0.4 is 5.32 Å². The lowest BCUT2D eigenvalue weighted by molar-refractivity contribution is -0.0206. The second-order valence-corrected chi connectivity index (χ2v) is 9.19. The molecule has 4 aliphatic rings. The Balaban J connectivity index is 1.32. The number of benzene rings is 1. The lowest BCUT2D eigenvalue weighted by Gasteiger charge is -2.57. The van der Waals surface area contributed by atoms with Gasteiger partial charge in [-0.25, -0.2) is 0 Å². The molecule has 0 unspecified atom stereocenters. The van der Waals surface area contributed by atoms with Gasteiger partial charge in [-0.15, -0.1) is 0 Å². The van der Waals surface area contributed by atoms with Crippen LogP contribution in [-0.2, 0) is 6.54 Å². The number of thiophene rings is 1. The van der Waals surface area contributed by atoms with E-state index < -0.39 is 0 Å². The zero-order valence-corrected chi connectivity index (χ0v) is 14.8. The highest BCUT2D eigenvalue weighted by molar-refractivity contribution is 7.08. The Morgan fingerprint density at radius 2 is 1.71 bits per heavy atom. The number of nitrogens with one attached hydrogen (secondary N) is 1. The highest BCUT2D eigenvalue weighted by atomic mass is 32.1. The summed E-state index contributed by atoms with van der Waals surface area (Å²) in [4.78, 5) is 0. The number of hydrogen-bond acceptors (Lipinski definition) is 3. The van der Waals surface area contributed by atoms with Crippen LogP contribution in [0.1, 0.15) is 44.1 Å². The number of hydrogen-bond donors (Lipinski definition) is 2. The molecule has 0 spiro atoms. The minimum Gasteiger partial charge on any atom is -0.508 e. The van der Waals surface area contributed by atoms with Crippen molar-refractivity contribution < 1.29 is 5.11 Å². The maximum absolute atomic E-state index is 10.5. The summed E-state index contributed by atoms with van der Waals surface area (Å²) in [6.45, 7) is 0.794. The molecule has 2 aromatic rings. The maximum Gasteiger partial charge on any atom is 0.120 e. The molecule has 126 valence electrons. The predicted octanol–water partition coefficient (Wildman–Crippen LogP) is 5.18. The van der Waals surface area contributed by atoms with Crippen LogP contribution in [-0.4, -0.2) is 10.6 Å². The van der Waals surface area contributed by atoms with E-state index in [0.717, 1.165) is 35.4 Å². The monoisotopic (exact) mass is 339 g/mol. The molecule has 6 rings (SSSR count). The van der Waals surface area contributed by atoms with E-state index in [0.29, 0.717) is 11.3 Å². The molecule has 0 amide bonds. The van der Waals surface area contributed by atoms with Gasteiger partial charge in [0.05, 0.1) is 0 Å². The summed E-state index contributed by atoms with van der Waals surface area (Å²) < 4.78 is 0. The third kappa shape index (κ3) is 2.58. The van der Waals surface area contributed by atoms with Gasteiger partial charge in [0.1, 0.15) is 5.75 Å². The SMILES string of the molecule is Oc1cc(-c2ccsc2)ccc1CNC12CC3CC(CC(C3)C1)C2. The van der Waals surface area contributed by atoms with Crippen molar-refractivity contribution in [3.8, 4) is 16.9 Å². The molecule has 4 bridgehead atoms. The van der Waals surface area contributed by atoms with Gasteiger partial charge in [-0.05, 0) is 90.3 Å². The normalized spacial score (nSPS) is 33.9. The fourth-order valence-corrected chi connectivity index (χ4v) is 6.60. The average Bonchev–Trinajstić information content (AvgIpc) is 3.07. The fourth-order valence-electron chi connectivity index (χ4n) is 5.93. The summed E-state index contributed by atoms with van der Waals surface area (Å²) >= 11 is 1.69. The quantitative estimate of drug-likeness (QED) is 0.804. The van der Waals surface area contributed by atoms with Gasteiger partial charge in [0.2, 0.25) is 0 Å². The molecule has 2 nitrogen and oxygen atoms in total. The molecule has 1 aromatic heterocycles. The summed E-state index contributed by atoms with van der Waals surface area (Å²) in [6.07, 6.45) is 8.48. The Bertz CT molecular complexity index is 701. The van der Waals surface area contributed by atoms with Crippen LogP contribution in [0.2, 0.25) is 0 Å². The second kappa shape index (κ2) is 5.60. The van der Waals surface area contributed by atoms with Crippen LogP contribution in [0.15, 0.2) is 35.0 Å². The smallest absolute Gasteiger partial charge is 0.120 e. The van der Waals surface area contributed by atoms with Crippen LogP contribution in [0, 0.1) is 17.8 Å². The minimum atomic E-state index is 0.354. The predicted molar refractivity (Wildman–Crippen MR) is 99.2 cm³/mol. The summed E-state index contributed by atoms with van der Waals surface area (Å²) in [5.41, 5.74) is 3.68. The van der Waals surface area contributed by atoms with E-state index >= 15 is 0 Å². The second-order valence-electron chi connectivity index (χ2n) is 8.41. The Morgan fingerprint density at radius 1 is 1.00 bits per heavy atom. The molecule has 0 aliphatic heterocycles. The van der Waals surface area contributed by atoms with E-state index in [9.17, 15) is 5.11 Å². The van der Waals surface area contributed by atoms with E-state index in [1.807, 2.05) is 6.07 Å². The number of rotatable bonds is 4. The summed E-state index contributed by atoms with van der Waals surface area (Å²) in [7, 11) is 0. The minimum absolute atomic E-state index is 0.354. The molecule has 1 aromatic carbocycles. The third-order valence-electron chi connectivity index (χ3n) is 6.63. The molecule has 0 saturated heterocycles. The van der Waals surface area contributed by atoms with Crippen LogP contribution in [0.3, 0.4) is 0 Å². The van der Waals surface area contributed by atoms with Crippen molar-refractivity contribution in [3.63, 3.8) is 0 Å². The zero-order valence-electron chi connectivity index (χ0n) is 14.0. The largest absolute Gasteiger partial charge is 0.508 e. The van der Waals surface area contributed by atoms with Crippen LogP contribution in [0.25, 0.3) is 11.1 Å². The molecule has 3 heteroatoms. The van der Waals surface area contributed by atoms with Gasteiger partial charge in [-0.1, -0.05) is 12.1 Å². The van der Waals surface area contributed by atoms with Crippen molar-refractivity contribution in [2.45, 2.75) is 50.6 Å². The molecular weight excluding hydrogens is 314 g/mol. The summed E-state index contributed by atoms with van der Waals surface area (Å²) in [5, 5.41) is 18.6. The van der Waals surface area contributed by atoms with Crippen molar-refractivity contribution in [2.75, 3.05) is 0 Å². The molecular formula is C21H25NOS. The van der Waals surface area contributed by atoms with E-state index in [1.165, 1.54) is 44.1 Å². The zero-order chi connectivity index (χ0) is 16.1. The molecule has 1 heterocycles. The Kier molecular flexibility index (Phi) is 3.50. The molecule has 0 atom stereocenters. The van der Waals surface area contributed by atoms with Gasteiger partial charge in [0.25, 0.3) is 0 Å². The van der Waals surface area contributed by atoms with Gasteiger partial charge >= 0.3 is 0 Å². The summed E-state index contributed by atoms with van der Waals surface area (Å²) in [5.74, 6) is 3.30. The van der Waals surface area contributed by atoms with Gasteiger partial charge in [-0.2, -0.15) is 11.3 Å².